The zero-order chi connectivity index (χ0) is 23.0. The monoisotopic (exact) mass is 445 g/mol. The van der Waals surface area contributed by atoms with Crippen LogP contribution in [0.5, 0.6) is 5.75 Å². The summed E-state index contributed by atoms with van der Waals surface area (Å²) < 4.78 is 11.5. The first-order valence-electron chi connectivity index (χ1n) is 11.8. The zero-order valence-corrected chi connectivity index (χ0v) is 19.2. The van der Waals surface area contributed by atoms with Gasteiger partial charge in [-0.3, -0.25) is 4.79 Å². The van der Waals surface area contributed by atoms with E-state index in [1.54, 1.807) is 13.2 Å². The van der Waals surface area contributed by atoms with Crippen molar-refractivity contribution in [3.05, 3.63) is 78.1 Å². The van der Waals surface area contributed by atoms with Crippen LogP contribution in [0, 0.1) is 0 Å². The van der Waals surface area contributed by atoms with Crippen molar-refractivity contribution in [3.8, 4) is 17.1 Å². The van der Waals surface area contributed by atoms with E-state index in [4.69, 9.17) is 9.15 Å². The largest absolute Gasteiger partial charge is 0.493 e. The number of para-hydroxylation sites is 1. The molecule has 1 aliphatic rings. The van der Waals surface area contributed by atoms with Crippen LogP contribution in [0.3, 0.4) is 0 Å². The molecular weight excluding hydrogens is 414 g/mol. The molecule has 2 aromatic carbocycles. The van der Waals surface area contributed by atoms with Gasteiger partial charge < -0.3 is 18.8 Å². The number of carbonyl (C=O) groups excluding carboxylic acids is 2. The van der Waals surface area contributed by atoms with Crippen molar-refractivity contribution in [1.82, 2.24) is 4.90 Å². The number of rotatable bonds is 12. The maximum Gasteiger partial charge on any atom is 0.254 e. The molecule has 1 amide bonds. The predicted octanol–water partition coefficient (Wildman–Crippen LogP) is 6.28. The zero-order valence-electron chi connectivity index (χ0n) is 19.2. The van der Waals surface area contributed by atoms with Crippen molar-refractivity contribution in [1.29, 1.82) is 0 Å². The number of hydrogen-bond donors (Lipinski definition) is 0. The molecule has 1 aromatic heterocycles. The Labute approximate surface area is 195 Å². The van der Waals surface area contributed by atoms with E-state index < -0.39 is 0 Å². The average Bonchev–Trinajstić information content (AvgIpc) is 3.52. The molecule has 4 rings (SSSR count). The molecule has 5 nitrogen and oxygen atoms in total. The molecule has 0 spiro atoms. The summed E-state index contributed by atoms with van der Waals surface area (Å²) in [5.74, 6) is 1.90. The molecule has 3 aromatic rings. The summed E-state index contributed by atoms with van der Waals surface area (Å²) in [6.45, 7) is 2.78. The Morgan fingerprint density at radius 3 is 2.45 bits per heavy atom. The number of ketones is 1. The van der Waals surface area contributed by atoms with Gasteiger partial charge in [-0.1, -0.05) is 30.3 Å². The summed E-state index contributed by atoms with van der Waals surface area (Å²) >= 11 is 0. The van der Waals surface area contributed by atoms with Crippen molar-refractivity contribution in [3.63, 3.8) is 0 Å². The van der Waals surface area contributed by atoms with Crippen molar-refractivity contribution in [2.45, 2.75) is 58.0 Å². The number of carbonyl (C=O) groups is 2. The van der Waals surface area contributed by atoms with Gasteiger partial charge in [-0.2, -0.15) is 0 Å². The second-order valence-electron chi connectivity index (χ2n) is 8.69. The van der Waals surface area contributed by atoms with Crippen LogP contribution in [0.1, 0.15) is 61.4 Å². The molecular formula is C28H31NO4. The number of Topliss-reactive ketones (excluding diaryl/α,β-unsaturated/α-hetero) is 1. The highest BCUT2D eigenvalue weighted by atomic mass is 16.5. The summed E-state index contributed by atoms with van der Waals surface area (Å²) in [5, 5.41) is 0. The molecule has 5 heteroatoms. The standard InChI is InChI=1S/C28H31NO4/c1-21(30)8-3-2-6-18-32-27-10-5-4-9-24(27)20-29(25-16-17-25)28(31)23-14-12-22(13-15-23)26-11-7-19-33-26/h4-5,7,9-15,19,25H,2-3,6,8,16-18,20H2,1H3. The fraction of sp³-hybridized carbons (Fsp3) is 0.357. The van der Waals surface area contributed by atoms with Gasteiger partial charge in [0.2, 0.25) is 0 Å². The molecule has 0 aliphatic heterocycles. The maximum atomic E-state index is 13.4. The molecule has 0 saturated heterocycles. The van der Waals surface area contributed by atoms with E-state index >= 15 is 0 Å². The first-order chi connectivity index (χ1) is 16.1. The van der Waals surface area contributed by atoms with Gasteiger partial charge in [-0.25, -0.2) is 0 Å². The van der Waals surface area contributed by atoms with E-state index in [2.05, 4.69) is 0 Å². The molecule has 0 radical (unpaired) electrons. The summed E-state index contributed by atoms with van der Waals surface area (Å²) in [6.07, 6.45) is 7.15. The van der Waals surface area contributed by atoms with E-state index in [0.29, 0.717) is 25.1 Å². The highest BCUT2D eigenvalue weighted by molar-refractivity contribution is 5.95. The van der Waals surface area contributed by atoms with E-state index in [1.165, 1.54) is 0 Å². The Morgan fingerprint density at radius 2 is 1.76 bits per heavy atom. The molecule has 33 heavy (non-hydrogen) atoms. The third-order valence-corrected chi connectivity index (χ3v) is 5.93. The lowest BCUT2D eigenvalue weighted by Gasteiger charge is -2.24. The number of hydrogen-bond acceptors (Lipinski definition) is 4. The summed E-state index contributed by atoms with van der Waals surface area (Å²) in [4.78, 5) is 26.4. The SMILES string of the molecule is CC(=O)CCCCCOc1ccccc1CN(C(=O)c1ccc(-c2ccco2)cc1)C1CC1. The molecule has 0 unspecified atom stereocenters. The van der Waals surface area contributed by atoms with Crippen LogP contribution in [-0.4, -0.2) is 29.2 Å². The van der Waals surface area contributed by atoms with Gasteiger partial charge in [-0.05, 0) is 69.4 Å². The van der Waals surface area contributed by atoms with E-state index in [9.17, 15) is 9.59 Å². The lowest BCUT2D eigenvalue weighted by molar-refractivity contribution is -0.117. The quantitative estimate of drug-likeness (QED) is 0.308. The topological polar surface area (TPSA) is 59.8 Å². The van der Waals surface area contributed by atoms with Gasteiger partial charge in [0.1, 0.15) is 17.3 Å². The predicted molar refractivity (Wildman–Crippen MR) is 128 cm³/mol. The second kappa shape index (κ2) is 11.0. The number of ether oxygens (including phenoxy) is 1. The Kier molecular flexibility index (Phi) is 7.61. The molecule has 172 valence electrons. The van der Waals surface area contributed by atoms with E-state index in [0.717, 1.165) is 54.7 Å². The summed E-state index contributed by atoms with van der Waals surface area (Å²) in [5.41, 5.74) is 2.66. The van der Waals surface area contributed by atoms with Gasteiger partial charge in [0.15, 0.2) is 0 Å². The van der Waals surface area contributed by atoms with E-state index in [1.807, 2.05) is 65.6 Å². The van der Waals surface area contributed by atoms with Crippen LogP contribution in [0.25, 0.3) is 11.3 Å². The minimum Gasteiger partial charge on any atom is -0.493 e. The van der Waals surface area contributed by atoms with Gasteiger partial charge in [0, 0.05) is 35.7 Å². The Morgan fingerprint density at radius 1 is 0.970 bits per heavy atom. The summed E-state index contributed by atoms with van der Waals surface area (Å²) in [6, 6.07) is 19.6. The Bertz CT molecular complexity index is 1050. The van der Waals surface area contributed by atoms with Crippen LogP contribution in [0.4, 0.5) is 0 Å². The lowest BCUT2D eigenvalue weighted by Crippen LogP contribution is -2.32. The van der Waals surface area contributed by atoms with E-state index in [-0.39, 0.29) is 17.7 Å². The number of amides is 1. The fourth-order valence-corrected chi connectivity index (χ4v) is 3.93. The minimum atomic E-state index is 0.0440. The van der Waals surface area contributed by atoms with Crippen LogP contribution in [-0.2, 0) is 11.3 Å². The number of benzene rings is 2. The highest BCUT2D eigenvalue weighted by Gasteiger charge is 2.33. The number of furan rings is 1. The number of unbranched alkanes of at least 4 members (excludes halogenated alkanes) is 2. The van der Waals surface area contributed by atoms with Crippen molar-refractivity contribution < 1.29 is 18.7 Å². The molecule has 0 N–H and O–H groups in total. The molecule has 1 aliphatic carbocycles. The third kappa shape index (κ3) is 6.35. The maximum absolute atomic E-state index is 13.4. The first-order valence-corrected chi connectivity index (χ1v) is 11.8. The van der Waals surface area contributed by atoms with Crippen molar-refractivity contribution >= 4 is 11.7 Å². The van der Waals surface area contributed by atoms with Crippen LogP contribution in [0.15, 0.2) is 71.3 Å². The Hall–Kier alpha value is -3.34. The molecule has 1 saturated carbocycles. The number of nitrogens with zero attached hydrogens (tertiary/aromatic N) is 1. The van der Waals surface area contributed by atoms with Crippen molar-refractivity contribution in [2.75, 3.05) is 6.61 Å². The van der Waals surface area contributed by atoms with Crippen molar-refractivity contribution in [2.24, 2.45) is 0 Å². The molecule has 0 atom stereocenters. The molecule has 0 bridgehead atoms. The normalized spacial score (nSPS) is 13.0. The fourth-order valence-electron chi connectivity index (χ4n) is 3.93. The highest BCUT2D eigenvalue weighted by Crippen LogP contribution is 2.32. The van der Waals surface area contributed by atoms with Gasteiger partial charge in [0.25, 0.3) is 5.91 Å². The molecule has 1 fully saturated rings. The van der Waals surface area contributed by atoms with Crippen LogP contribution < -0.4 is 4.74 Å². The van der Waals surface area contributed by atoms with Crippen LogP contribution >= 0.6 is 0 Å². The smallest absolute Gasteiger partial charge is 0.254 e. The summed E-state index contributed by atoms with van der Waals surface area (Å²) in [7, 11) is 0. The average molecular weight is 446 g/mol. The molecule has 1 heterocycles. The Balaban J connectivity index is 1.39. The minimum absolute atomic E-state index is 0.0440. The first kappa shape index (κ1) is 22.8. The van der Waals surface area contributed by atoms with Gasteiger partial charge >= 0.3 is 0 Å². The van der Waals surface area contributed by atoms with Crippen LogP contribution in [0.2, 0.25) is 0 Å². The van der Waals surface area contributed by atoms with Gasteiger partial charge in [-0.15, -0.1) is 0 Å². The van der Waals surface area contributed by atoms with Gasteiger partial charge in [0.05, 0.1) is 12.9 Å². The second-order valence-corrected chi connectivity index (χ2v) is 8.69. The lowest BCUT2D eigenvalue weighted by atomic mass is 10.1. The third-order valence-electron chi connectivity index (χ3n) is 5.93.